The summed E-state index contributed by atoms with van der Waals surface area (Å²) in [5.74, 6) is 0. The fraction of sp³-hybridized carbons (Fsp3) is 0.289. The number of rotatable bonds is 1. The van der Waals surface area contributed by atoms with Gasteiger partial charge in [0, 0.05) is 43.6 Å². The number of fused-ring (bicyclic) bond motifs is 3. The van der Waals surface area contributed by atoms with E-state index in [9.17, 15) is 0 Å². The average molecular weight is 728 g/mol. The van der Waals surface area contributed by atoms with Crippen LogP contribution in [0, 0.1) is 12.1 Å². The molecule has 0 aliphatic heterocycles. The molecule has 4 heteroatoms. The first-order valence-corrected chi connectivity index (χ1v) is 14.4. The summed E-state index contributed by atoms with van der Waals surface area (Å²) in [5, 5.41) is 6.14. The van der Waals surface area contributed by atoms with Gasteiger partial charge in [-0.15, -0.1) is 35.4 Å². The van der Waals surface area contributed by atoms with Gasteiger partial charge in [0.2, 0.25) is 0 Å². The summed E-state index contributed by atoms with van der Waals surface area (Å²) in [6.07, 6.45) is 5.55. The molecule has 0 bridgehead atoms. The van der Waals surface area contributed by atoms with Gasteiger partial charge in [-0.25, -0.2) is 0 Å². The van der Waals surface area contributed by atoms with Crippen LogP contribution < -0.4 is 0 Å². The SMILES string of the molecule is CC(C)(C)c1cc[c-]c(-c2cc(C(C)(C)C)ccn2)c1.CC1(C)c2nc[c-]c3c4ncccc4c4cccc1c4c23.[Ir]. The number of benzene rings is 3. The Morgan fingerprint density at radius 2 is 1.40 bits per heavy atom. The molecule has 0 N–H and O–H groups in total. The van der Waals surface area contributed by atoms with E-state index in [-0.39, 0.29) is 36.4 Å². The number of pyridine rings is 3. The van der Waals surface area contributed by atoms with Crippen LogP contribution >= 0.6 is 0 Å². The van der Waals surface area contributed by atoms with Crippen molar-refractivity contribution in [3.05, 3.63) is 114 Å². The molecule has 3 aromatic heterocycles. The van der Waals surface area contributed by atoms with Crippen molar-refractivity contribution in [1.82, 2.24) is 15.0 Å². The fourth-order valence-corrected chi connectivity index (χ4v) is 5.96. The van der Waals surface area contributed by atoms with Crippen molar-refractivity contribution in [2.45, 2.75) is 71.6 Å². The van der Waals surface area contributed by atoms with Gasteiger partial charge in [-0.2, -0.15) is 11.5 Å². The molecule has 6 aromatic rings. The Bertz CT molecular complexity index is 1800. The number of hydrogen-bond donors (Lipinski definition) is 0. The van der Waals surface area contributed by atoms with E-state index in [0.717, 1.165) is 27.9 Å². The Kier molecular flexibility index (Phi) is 7.62. The van der Waals surface area contributed by atoms with E-state index in [1.165, 1.54) is 38.2 Å². The van der Waals surface area contributed by atoms with E-state index in [4.69, 9.17) is 0 Å². The Balaban J connectivity index is 0.000000164. The largest absolute Gasteiger partial charge is 0.320 e. The molecular weight excluding hydrogens is 691 g/mol. The molecule has 3 heterocycles. The predicted octanol–water partition coefficient (Wildman–Crippen LogP) is 9.52. The third-order valence-electron chi connectivity index (χ3n) is 8.37. The van der Waals surface area contributed by atoms with Crippen LogP contribution in [0.25, 0.3) is 43.7 Å². The second-order valence-corrected chi connectivity index (χ2v) is 13.7. The first kappa shape index (κ1) is 30.0. The fourth-order valence-electron chi connectivity index (χ4n) is 5.96. The number of aromatic nitrogens is 3. The summed E-state index contributed by atoms with van der Waals surface area (Å²) in [5.41, 5.74) is 8.45. The molecule has 3 nitrogen and oxygen atoms in total. The van der Waals surface area contributed by atoms with Crippen molar-refractivity contribution in [3.63, 3.8) is 0 Å². The zero-order valence-electron chi connectivity index (χ0n) is 25.7. The van der Waals surface area contributed by atoms with Crippen molar-refractivity contribution >= 4 is 32.4 Å². The maximum Gasteiger partial charge on any atom is 0.0204 e. The summed E-state index contributed by atoms with van der Waals surface area (Å²) in [7, 11) is 0. The smallest absolute Gasteiger partial charge is 0.0204 e. The molecule has 0 unspecified atom stereocenters. The van der Waals surface area contributed by atoms with Crippen LogP contribution in [0.15, 0.2) is 79.3 Å². The van der Waals surface area contributed by atoms with Crippen LogP contribution in [0.1, 0.15) is 77.8 Å². The van der Waals surface area contributed by atoms with Gasteiger partial charge in [-0.05, 0) is 62.3 Å². The minimum Gasteiger partial charge on any atom is -0.320 e. The second kappa shape index (κ2) is 10.7. The van der Waals surface area contributed by atoms with Crippen molar-refractivity contribution in [2.75, 3.05) is 0 Å². The third-order valence-corrected chi connectivity index (χ3v) is 8.37. The minimum atomic E-state index is -0.0629. The molecular formula is C38H37IrN3-2. The number of hydrogen-bond acceptors (Lipinski definition) is 3. The van der Waals surface area contributed by atoms with Gasteiger partial charge in [0.25, 0.3) is 0 Å². The van der Waals surface area contributed by atoms with Crippen molar-refractivity contribution in [2.24, 2.45) is 0 Å². The van der Waals surface area contributed by atoms with Crippen molar-refractivity contribution < 1.29 is 20.1 Å². The molecule has 0 atom stereocenters. The van der Waals surface area contributed by atoms with E-state index < -0.39 is 0 Å². The molecule has 1 radical (unpaired) electrons. The van der Waals surface area contributed by atoms with E-state index in [1.807, 2.05) is 24.5 Å². The molecule has 3 aromatic carbocycles. The van der Waals surface area contributed by atoms with E-state index >= 15 is 0 Å². The quantitative estimate of drug-likeness (QED) is 0.125. The molecule has 7 rings (SSSR count). The summed E-state index contributed by atoms with van der Waals surface area (Å²) in [6.45, 7) is 17.9. The van der Waals surface area contributed by atoms with Gasteiger partial charge in [0.05, 0.1) is 0 Å². The van der Waals surface area contributed by atoms with Gasteiger partial charge in [-0.1, -0.05) is 96.5 Å². The summed E-state index contributed by atoms with van der Waals surface area (Å²) >= 11 is 0. The molecule has 0 spiro atoms. The Morgan fingerprint density at radius 1 is 0.690 bits per heavy atom. The Morgan fingerprint density at radius 3 is 2.14 bits per heavy atom. The van der Waals surface area contributed by atoms with Crippen molar-refractivity contribution in [1.29, 1.82) is 0 Å². The van der Waals surface area contributed by atoms with E-state index in [1.54, 1.807) is 6.20 Å². The van der Waals surface area contributed by atoms with Gasteiger partial charge < -0.3 is 9.97 Å². The summed E-state index contributed by atoms with van der Waals surface area (Å²) in [4.78, 5) is 13.8. The van der Waals surface area contributed by atoms with Crippen LogP contribution in [-0.4, -0.2) is 15.0 Å². The molecule has 0 saturated carbocycles. The molecule has 0 fully saturated rings. The molecule has 215 valence electrons. The van der Waals surface area contributed by atoms with Crippen LogP contribution in [0.4, 0.5) is 0 Å². The van der Waals surface area contributed by atoms with Crippen LogP contribution in [0.5, 0.6) is 0 Å². The topological polar surface area (TPSA) is 38.7 Å². The summed E-state index contributed by atoms with van der Waals surface area (Å²) in [6, 6.07) is 28.0. The molecule has 42 heavy (non-hydrogen) atoms. The first-order chi connectivity index (χ1) is 19.4. The molecule has 1 aliphatic carbocycles. The monoisotopic (exact) mass is 728 g/mol. The maximum absolute atomic E-state index is 4.65. The Labute approximate surface area is 263 Å². The maximum atomic E-state index is 4.65. The molecule has 0 amide bonds. The van der Waals surface area contributed by atoms with E-state index in [0.29, 0.717) is 0 Å². The van der Waals surface area contributed by atoms with Gasteiger partial charge in [-0.3, -0.25) is 4.98 Å². The molecule has 1 aliphatic rings. The second-order valence-electron chi connectivity index (χ2n) is 13.7. The van der Waals surface area contributed by atoms with Crippen LogP contribution in [0.2, 0.25) is 0 Å². The van der Waals surface area contributed by atoms with Gasteiger partial charge in [0.15, 0.2) is 0 Å². The van der Waals surface area contributed by atoms with E-state index in [2.05, 4.69) is 131 Å². The summed E-state index contributed by atoms with van der Waals surface area (Å²) < 4.78 is 0. The number of nitrogens with zero attached hydrogens (tertiary/aromatic N) is 3. The standard InChI is InChI=1S/C19H13N2.C19H24N.Ir/c1-19(2)14-7-3-5-11-12-6-4-9-20-17(12)13-8-10-21-18(19)16(13)15(11)14;1-18(2,3)15-9-7-8-14(12-15)17-13-16(10-11-20-17)19(4,5)6;/h3-7,9-10H,1-2H3;7,9-13H,1-6H3;/q2*-1;. The van der Waals surface area contributed by atoms with Crippen molar-refractivity contribution in [3.8, 4) is 11.3 Å². The minimum absolute atomic E-state index is 0. The van der Waals surface area contributed by atoms with Gasteiger partial charge >= 0.3 is 0 Å². The van der Waals surface area contributed by atoms with Gasteiger partial charge in [0.1, 0.15) is 0 Å². The van der Waals surface area contributed by atoms with Crippen LogP contribution in [0.3, 0.4) is 0 Å². The zero-order valence-corrected chi connectivity index (χ0v) is 28.1. The normalized spacial score (nSPS) is 13.7. The third kappa shape index (κ3) is 5.06. The zero-order chi connectivity index (χ0) is 29.2. The average Bonchev–Trinajstić information content (AvgIpc) is 3.19. The predicted molar refractivity (Wildman–Crippen MR) is 171 cm³/mol. The molecule has 0 saturated heterocycles. The Hall–Kier alpha value is -3.46. The van der Waals surface area contributed by atoms with Crippen LogP contribution in [-0.2, 0) is 36.4 Å². The first-order valence-electron chi connectivity index (χ1n) is 14.4.